The van der Waals surface area contributed by atoms with E-state index in [1.54, 1.807) is 23.9 Å². The van der Waals surface area contributed by atoms with E-state index in [1.807, 2.05) is 83.0 Å². The number of rotatable bonds is 20. The predicted molar refractivity (Wildman–Crippen MR) is 315 cm³/mol. The zero-order valence-electron chi connectivity index (χ0n) is 49.2. The fourth-order valence-corrected chi connectivity index (χ4v) is 9.93. The van der Waals surface area contributed by atoms with Crippen LogP contribution in [0.15, 0.2) is 61.2 Å². The van der Waals surface area contributed by atoms with Gasteiger partial charge in [-0.15, -0.1) is 0 Å². The summed E-state index contributed by atoms with van der Waals surface area (Å²) in [6.45, 7) is 35.5. The highest BCUT2D eigenvalue weighted by molar-refractivity contribution is 6.76. The van der Waals surface area contributed by atoms with Crippen LogP contribution in [0.4, 0.5) is 32.3 Å². The van der Waals surface area contributed by atoms with Crippen molar-refractivity contribution in [3.63, 3.8) is 0 Å². The molecule has 20 nitrogen and oxygen atoms in total. The molecule has 2 aromatic carbocycles. The summed E-state index contributed by atoms with van der Waals surface area (Å²) in [6.07, 6.45) is 10.3. The number of ether oxygens (including phenoxy) is 5. The van der Waals surface area contributed by atoms with E-state index in [-0.39, 0.29) is 22.7 Å². The Morgan fingerprint density at radius 2 is 1.09 bits per heavy atom. The first kappa shape index (κ1) is 64.5. The number of nitro benzene ring substituents is 1. The predicted octanol–water partition coefficient (Wildman–Crippen LogP) is 11.3. The molecule has 434 valence electrons. The number of nitrogens with zero attached hydrogens (tertiary/aromatic N) is 7. The number of carbonyl (C=O) groups excluding carboxylic acids is 3. The minimum atomic E-state index is -1.14. The number of aromatic nitrogens is 4. The van der Waals surface area contributed by atoms with Crippen LogP contribution in [-0.4, -0.2) is 129 Å². The van der Waals surface area contributed by atoms with Gasteiger partial charge in [0.25, 0.3) is 5.69 Å². The van der Waals surface area contributed by atoms with Crippen molar-refractivity contribution in [2.24, 2.45) is 11.8 Å². The summed E-state index contributed by atoms with van der Waals surface area (Å²) in [7, 11) is -2.23. The van der Waals surface area contributed by atoms with Crippen molar-refractivity contribution in [1.29, 1.82) is 0 Å². The molecule has 22 heteroatoms. The van der Waals surface area contributed by atoms with Crippen molar-refractivity contribution in [3.8, 4) is 22.3 Å². The van der Waals surface area contributed by atoms with Gasteiger partial charge in [-0.05, 0) is 127 Å². The Morgan fingerprint density at radius 3 is 1.45 bits per heavy atom. The van der Waals surface area contributed by atoms with E-state index in [0.717, 1.165) is 91.1 Å². The molecule has 4 N–H and O–H groups in total. The summed E-state index contributed by atoms with van der Waals surface area (Å²) >= 11 is 0. The second-order valence-electron chi connectivity index (χ2n) is 24.5. The van der Waals surface area contributed by atoms with Gasteiger partial charge in [-0.3, -0.25) is 14.9 Å². The highest BCUT2D eigenvalue weighted by atomic mass is 28.3. The summed E-state index contributed by atoms with van der Waals surface area (Å²) in [6, 6.07) is 13.8. The van der Waals surface area contributed by atoms with Crippen LogP contribution in [-0.2, 0) is 41.9 Å². The number of benzene rings is 2. The third-order valence-corrected chi connectivity index (χ3v) is 16.1. The lowest BCUT2D eigenvalue weighted by Gasteiger charge is -2.34. The maximum absolute atomic E-state index is 11.9. The van der Waals surface area contributed by atoms with E-state index in [4.69, 9.17) is 24.7 Å². The molecule has 4 heterocycles. The zero-order chi connectivity index (χ0) is 57.8. The van der Waals surface area contributed by atoms with E-state index >= 15 is 0 Å². The number of carbonyl (C=O) groups is 3. The second kappa shape index (κ2) is 29.8. The number of hydrogen-bond donors (Lipinski definition) is 3. The van der Waals surface area contributed by atoms with Crippen LogP contribution in [0.3, 0.4) is 0 Å². The SMILES string of the molecule is CC(C)(C)OC(=O)NCC1CCN(c2ccc(-c3cnn(COCC[Si](C)(C)C)c3)cc2N)CC1.CC(C)(C)OC(=O)NCC1CCN(c2ccc(-c3cnn(COCC[Si](C)(C)C)c3)cc2[N+](=O)[O-])CC1.CCOC(C)=O. The average molecular weight is 1120 g/mol. The van der Waals surface area contributed by atoms with Crippen LogP contribution < -0.4 is 26.2 Å². The number of nitrogen functional groups attached to an aromatic ring is 1. The lowest BCUT2D eigenvalue weighted by molar-refractivity contribution is -0.384. The zero-order valence-corrected chi connectivity index (χ0v) is 51.2. The van der Waals surface area contributed by atoms with E-state index < -0.39 is 33.4 Å². The summed E-state index contributed by atoms with van der Waals surface area (Å²) in [5.41, 5.74) is 11.6. The molecule has 6 rings (SSSR count). The van der Waals surface area contributed by atoms with Gasteiger partial charge in [0.2, 0.25) is 0 Å². The Hall–Kier alpha value is -5.98. The topological polar surface area (TPSA) is 233 Å². The third-order valence-electron chi connectivity index (χ3n) is 12.7. The molecule has 2 saturated heterocycles. The number of nitro groups is 1. The fraction of sp³-hybridized carbons (Fsp3) is 0.625. The largest absolute Gasteiger partial charge is 0.466 e. The maximum Gasteiger partial charge on any atom is 0.407 e. The van der Waals surface area contributed by atoms with Crippen molar-refractivity contribution in [1.82, 2.24) is 30.2 Å². The molecule has 0 saturated carbocycles. The summed E-state index contributed by atoms with van der Waals surface area (Å²) in [4.78, 5) is 49.7. The number of esters is 1. The van der Waals surface area contributed by atoms with Crippen LogP contribution in [0.5, 0.6) is 0 Å². The summed E-state index contributed by atoms with van der Waals surface area (Å²) < 4.78 is 30.1. The van der Waals surface area contributed by atoms with E-state index in [2.05, 4.69) is 86.8 Å². The number of nitrogens with one attached hydrogen (secondary N) is 2. The number of hydrogen-bond acceptors (Lipinski definition) is 15. The Kier molecular flexibility index (Phi) is 24.7. The van der Waals surface area contributed by atoms with E-state index in [0.29, 0.717) is 70.4 Å². The quantitative estimate of drug-likeness (QED) is 0.0142. The molecule has 0 bridgehead atoms. The number of nitrogens with two attached hydrogens (primary N) is 1. The highest BCUT2D eigenvalue weighted by Crippen LogP contribution is 2.36. The molecule has 2 aliphatic heterocycles. The van der Waals surface area contributed by atoms with Gasteiger partial charge in [-0.1, -0.05) is 51.4 Å². The Balaban J connectivity index is 0.000000305. The van der Waals surface area contributed by atoms with Gasteiger partial charge in [0, 0.05) is 105 Å². The van der Waals surface area contributed by atoms with E-state index in [1.165, 1.54) is 6.92 Å². The normalized spacial score (nSPS) is 14.6. The van der Waals surface area contributed by atoms with Crippen molar-refractivity contribution in [3.05, 3.63) is 71.3 Å². The molecule has 78 heavy (non-hydrogen) atoms. The molecule has 0 atom stereocenters. The molecular weight excluding hydrogens is 1030 g/mol. The van der Waals surface area contributed by atoms with E-state index in [9.17, 15) is 24.5 Å². The van der Waals surface area contributed by atoms with Gasteiger partial charge < -0.3 is 49.9 Å². The molecule has 0 aliphatic carbocycles. The lowest BCUT2D eigenvalue weighted by Crippen LogP contribution is -2.40. The second-order valence-corrected chi connectivity index (χ2v) is 35.8. The summed E-state index contributed by atoms with van der Waals surface area (Å²) in [5, 5.41) is 26.5. The Labute approximate surface area is 465 Å². The first-order valence-electron chi connectivity index (χ1n) is 27.4. The third kappa shape index (κ3) is 24.4. The molecular formula is C56H92N10O10Si2. The Morgan fingerprint density at radius 1 is 0.679 bits per heavy atom. The minimum Gasteiger partial charge on any atom is -0.466 e. The van der Waals surface area contributed by atoms with Gasteiger partial charge in [0.1, 0.15) is 30.4 Å². The smallest absolute Gasteiger partial charge is 0.407 e. The number of piperidine rings is 2. The molecule has 0 radical (unpaired) electrons. The highest BCUT2D eigenvalue weighted by Gasteiger charge is 2.28. The monoisotopic (exact) mass is 1120 g/mol. The van der Waals surface area contributed by atoms with Gasteiger partial charge in [0.15, 0.2) is 0 Å². The van der Waals surface area contributed by atoms with Gasteiger partial charge in [0.05, 0.1) is 35.3 Å². The average Bonchev–Trinajstić information content (AvgIpc) is 4.03. The number of amides is 2. The standard InChI is InChI=1S/C26H41N5O5Si.C26H43N5O3Si.C4H8O2/c1-26(2,3)36-25(32)27-16-20-9-11-29(12-10-20)23-8-7-21(15-24(23)31(33)34)22-17-28-30(18-22)19-35-13-14-37(4,5)6;1-26(2,3)34-25(32)28-16-20-9-11-30(12-10-20)24-8-7-21(15-23(24)27)22-17-29-31(18-22)19-33-13-14-35(4,5)6;1-3-6-4(2)5/h7-8,15,17-18,20H,9-14,16,19H2,1-6H3,(H,27,32);7-8,15,17-18,20H,9-14,16,19,27H2,1-6H3,(H,28,32);3H2,1-2H3. The van der Waals surface area contributed by atoms with Crippen LogP contribution >= 0.6 is 0 Å². The van der Waals surface area contributed by atoms with Crippen LogP contribution in [0.25, 0.3) is 22.3 Å². The number of alkyl carbamates (subject to hydrolysis) is 2. The molecule has 2 amide bonds. The van der Waals surface area contributed by atoms with Crippen molar-refractivity contribution in [2.45, 2.75) is 157 Å². The number of anilines is 3. The van der Waals surface area contributed by atoms with Crippen LogP contribution in [0, 0.1) is 22.0 Å². The fourth-order valence-electron chi connectivity index (χ4n) is 8.42. The molecule has 2 fully saturated rings. The van der Waals surface area contributed by atoms with Crippen LogP contribution in [0.2, 0.25) is 51.4 Å². The van der Waals surface area contributed by atoms with Crippen molar-refractivity contribution < 1.29 is 43.0 Å². The van der Waals surface area contributed by atoms with Gasteiger partial charge in [-0.2, -0.15) is 10.2 Å². The first-order chi connectivity index (χ1) is 36.5. The lowest BCUT2D eigenvalue weighted by atomic mass is 9.96. The first-order valence-corrected chi connectivity index (χ1v) is 34.8. The van der Waals surface area contributed by atoms with Crippen molar-refractivity contribution in [2.75, 3.05) is 74.6 Å². The Bertz CT molecular complexity index is 2510. The molecule has 2 aromatic heterocycles. The summed E-state index contributed by atoms with van der Waals surface area (Å²) in [5.74, 6) is 0.538. The molecule has 4 aromatic rings. The maximum atomic E-state index is 11.9. The van der Waals surface area contributed by atoms with Crippen molar-refractivity contribution >= 4 is 57.1 Å². The molecule has 0 unspecified atom stereocenters. The molecule has 0 spiro atoms. The van der Waals surface area contributed by atoms with Gasteiger partial charge in [-0.25, -0.2) is 19.0 Å². The molecule has 2 aliphatic rings. The minimum absolute atomic E-state index is 0.0852. The van der Waals surface area contributed by atoms with Gasteiger partial charge >= 0.3 is 18.2 Å². The van der Waals surface area contributed by atoms with Crippen LogP contribution in [0.1, 0.15) is 81.1 Å².